The van der Waals surface area contributed by atoms with Crippen LogP contribution in [0.1, 0.15) is 5.56 Å². The van der Waals surface area contributed by atoms with E-state index in [2.05, 4.69) is 4.98 Å². The first-order valence-electron chi connectivity index (χ1n) is 4.92. The first-order valence-corrected chi connectivity index (χ1v) is 6.78. The average Bonchev–Trinajstić information content (AvgIpc) is 2.35. The summed E-state index contributed by atoms with van der Waals surface area (Å²) in [6.45, 7) is -0.962. The zero-order valence-corrected chi connectivity index (χ0v) is 11.2. The van der Waals surface area contributed by atoms with Crippen LogP contribution >= 0.6 is 11.6 Å². The maximum absolute atomic E-state index is 12.0. The highest BCUT2D eigenvalue weighted by atomic mass is 35.5. The number of aromatic nitrogens is 1. The van der Waals surface area contributed by atoms with Crippen LogP contribution in [-0.4, -0.2) is 32.1 Å². The number of halogens is 4. The van der Waals surface area contributed by atoms with Crippen molar-refractivity contribution in [2.24, 2.45) is 0 Å². The Bertz CT molecular complexity index is 628. The number of hydrogen-bond donors (Lipinski definition) is 1. The molecule has 1 N–H and O–H groups in total. The second-order valence-corrected chi connectivity index (χ2v) is 5.43. The summed E-state index contributed by atoms with van der Waals surface area (Å²) in [5, 5.41) is 8.62. The SMILES string of the molecule is N#Cc1cc(OCCNS(=O)(=O)C(F)(F)F)cnc1Cl. The molecule has 0 unspecified atom stereocenters. The van der Waals surface area contributed by atoms with Gasteiger partial charge in [0.1, 0.15) is 23.6 Å². The lowest BCUT2D eigenvalue weighted by Crippen LogP contribution is -2.38. The molecule has 0 aromatic carbocycles. The van der Waals surface area contributed by atoms with Gasteiger partial charge in [-0.05, 0) is 0 Å². The Labute approximate surface area is 117 Å². The molecule has 1 aromatic rings. The second-order valence-electron chi connectivity index (χ2n) is 3.31. The lowest BCUT2D eigenvalue weighted by Gasteiger charge is -2.10. The van der Waals surface area contributed by atoms with Gasteiger partial charge in [-0.3, -0.25) is 0 Å². The van der Waals surface area contributed by atoms with Crippen LogP contribution in [0.5, 0.6) is 5.75 Å². The van der Waals surface area contributed by atoms with Gasteiger partial charge >= 0.3 is 15.5 Å². The Hall–Kier alpha value is -1.57. The molecular weight excluding hydrogens is 323 g/mol. The van der Waals surface area contributed by atoms with E-state index in [0.29, 0.717) is 0 Å². The number of sulfonamides is 1. The summed E-state index contributed by atoms with van der Waals surface area (Å²) in [6, 6.07) is 2.97. The summed E-state index contributed by atoms with van der Waals surface area (Å²) >= 11 is 5.56. The van der Waals surface area contributed by atoms with E-state index in [9.17, 15) is 21.6 Å². The predicted octanol–water partition coefficient (Wildman–Crippen LogP) is 1.42. The quantitative estimate of drug-likeness (QED) is 0.651. The van der Waals surface area contributed by atoms with E-state index >= 15 is 0 Å². The van der Waals surface area contributed by atoms with Crippen molar-refractivity contribution in [3.63, 3.8) is 0 Å². The largest absolute Gasteiger partial charge is 0.511 e. The molecule has 0 spiro atoms. The molecule has 0 aliphatic carbocycles. The molecule has 0 aliphatic heterocycles. The molecule has 11 heteroatoms. The van der Waals surface area contributed by atoms with Crippen molar-refractivity contribution in [2.45, 2.75) is 5.51 Å². The summed E-state index contributed by atoms with van der Waals surface area (Å²) < 4.78 is 63.5. The predicted molar refractivity (Wildman–Crippen MR) is 62.4 cm³/mol. The van der Waals surface area contributed by atoms with Crippen LogP contribution in [0.2, 0.25) is 5.15 Å². The number of nitrogens with zero attached hydrogens (tertiary/aromatic N) is 2. The molecule has 20 heavy (non-hydrogen) atoms. The van der Waals surface area contributed by atoms with E-state index < -0.39 is 22.1 Å². The van der Waals surface area contributed by atoms with Gasteiger partial charge in [0.25, 0.3) is 0 Å². The van der Waals surface area contributed by atoms with Gasteiger partial charge in [-0.15, -0.1) is 0 Å². The molecule has 0 fully saturated rings. The maximum Gasteiger partial charge on any atom is 0.511 e. The summed E-state index contributed by atoms with van der Waals surface area (Å²) in [5.74, 6) is 0.0807. The summed E-state index contributed by atoms with van der Waals surface area (Å²) in [5.41, 5.74) is -5.34. The van der Waals surface area contributed by atoms with Crippen LogP contribution in [0.4, 0.5) is 13.2 Å². The number of rotatable bonds is 5. The second kappa shape index (κ2) is 6.25. The van der Waals surface area contributed by atoms with Crippen molar-refractivity contribution >= 4 is 21.6 Å². The molecule has 1 aromatic heterocycles. The Morgan fingerprint density at radius 1 is 1.50 bits per heavy atom. The average molecular weight is 330 g/mol. The third-order valence-electron chi connectivity index (χ3n) is 1.90. The smallest absolute Gasteiger partial charge is 0.491 e. The Morgan fingerprint density at radius 3 is 2.70 bits per heavy atom. The zero-order chi connectivity index (χ0) is 15.4. The number of ether oxygens (including phenoxy) is 1. The van der Waals surface area contributed by atoms with Crippen molar-refractivity contribution in [1.82, 2.24) is 9.71 Å². The zero-order valence-electron chi connectivity index (χ0n) is 9.61. The molecule has 6 nitrogen and oxygen atoms in total. The van der Waals surface area contributed by atoms with Crippen LogP contribution < -0.4 is 9.46 Å². The molecule has 0 atom stereocenters. The van der Waals surface area contributed by atoms with Gasteiger partial charge in [-0.25, -0.2) is 18.1 Å². The number of pyridine rings is 1. The van der Waals surface area contributed by atoms with Crippen molar-refractivity contribution in [1.29, 1.82) is 5.26 Å². The van der Waals surface area contributed by atoms with Gasteiger partial charge < -0.3 is 4.74 Å². The molecule has 1 rings (SSSR count). The summed E-state index contributed by atoms with van der Waals surface area (Å²) in [7, 11) is -5.39. The lowest BCUT2D eigenvalue weighted by atomic mass is 10.3. The van der Waals surface area contributed by atoms with Crippen LogP contribution in [0.15, 0.2) is 12.3 Å². The lowest BCUT2D eigenvalue weighted by molar-refractivity contribution is -0.0448. The van der Waals surface area contributed by atoms with E-state index in [0.717, 1.165) is 6.20 Å². The third kappa shape index (κ3) is 4.22. The van der Waals surface area contributed by atoms with E-state index in [-0.39, 0.29) is 23.1 Å². The van der Waals surface area contributed by atoms with Crippen LogP contribution in [-0.2, 0) is 10.0 Å². The summed E-state index contributed by atoms with van der Waals surface area (Å²) in [6.07, 6.45) is 1.15. The number of nitriles is 1. The topological polar surface area (TPSA) is 92.1 Å². The highest BCUT2D eigenvalue weighted by Gasteiger charge is 2.45. The van der Waals surface area contributed by atoms with E-state index in [1.54, 1.807) is 6.07 Å². The Kier molecular flexibility index (Phi) is 5.15. The van der Waals surface area contributed by atoms with Gasteiger partial charge in [-0.1, -0.05) is 11.6 Å². The fourth-order valence-electron chi connectivity index (χ4n) is 1.01. The van der Waals surface area contributed by atoms with Crippen molar-refractivity contribution in [3.8, 4) is 11.8 Å². The van der Waals surface area contributed by atoms with E-state index in [1.807, 2.05) is 0 Å². The normalized spacial score (nSPS) is 11.9. The molecule has 0 aliphatic rings. The summed E-state index contributed by atoms with van der Waals surface area (Å²) in [4.78, 5) is 3.62. The molecule has 0 radical (unpaired) electrons. The first-order chi connectivity index (χ1) is 9.17. The molecule has 0 amide bonds. The Balaban J connectivity index is 2.53. The van der Waals surface area contributed by atoms with Crippen molar-refractivity contribution < 1.29 is 26.3 Å². The molecule has 0 saturated carbocycles. The number of hydrogen-bond acceptors (Lipinski definition) is 5. The number of nitrogens with one attached hydrogen (secondary N) is 1. The van der Waals surface area contributed by atoms with Gasteiger partial charge in [0, 0.05) is 12.6 Å². The highest BCUT2D eigenvalue weighted by molar-refractivity contribution is 7.90. The number of alkyl halides is 3. The monoisotopic (exact) mass is 329 g/mol. The fourth-order valence-corrected chi connectivity index (χ4v) is 1.67. The van der Waals surface area contributed by atoms with Crippen LogP contribution in [0.25, 0.3) is 0 Å². The molecule has 1 heterocycles. The van der Waals surface area contributed by atoms with Gasteiger partial charge in [0.15, 0.2) is 0 Å². The molecule has 110 valence electrons. The van der Waals surface area contributed by atoms with Gasteiger partial charge in [-0.2, -0.15) is 18.4 Å². The molecule has 0 bridgehead atoms. The van der Waals surface area contributed by atoms with Crippen LogP contribution in [0.3, 0.4) is 0 Å². The first kappa shape index (κ1) is 16.5. The van der Waals surface area contributed by atoms with Crippen LogP contribution in [0, 0.1) is 11.3 Å². The minimum absolute atomic E-state index is 0.0278. The third-order valence-corrected chi connectivity index (χ3v) is 3.40. The fraction of sp³-hybridized carbons (Fsp3) is 0.333. The highest BCUT2D eigenvalue weighted by Crippen LogP contribution is 2.21. The minimum Gasteiger partial charge on any atom is -0.491 e. The van der Waals surface area contributed by atoms with E-state index in [1.165, 1.54) is 10.8 Å². The van der Waals surface area contributed by atoms with Crippen molar-refractivity contribution in [2.75, 3.05) is 13.2 Å². The Morgan fingerprint density at radius 2 is 2.15 bits per heavy atom. The standard InChI is InChI=1S/C9H7ClF3N3O3S/c10-8-6(4-14)3-7(5-15-8)19-2-1-16-20(17,18)9(11,12)13/h3,5,16H,1-2H2. The van der Waals surface area contributed by atoms with E-state index in [4.69, 9.17) is 21.6 Å². The molecular formula is C9H7ClF3N3O3S. The minimum atomic E-state index is -5.39. The molecule has 0 saturated heterocycles. The van der Waals surface area contributed by atoms with Gasteiger partial charge in [0.2, 0.25) is 0 Å². The van der Waals surface area contributed by atoms with Crippen molar-refractivity contribution in [3.05, 3.63) is 23.0 Å². The maximum atomic E-state index is 12.0. The van der Waals surface area contributed by atoms with Gasteiger partial charge in [0.05, 0.1) is 11.8 Å².